The average molecular weight is 359 g/mol. The van der Waals surface area contributed by atoms with Crippen LogP contribution in [-0.4, -0.2) is 53.7 Å². The van der Waals surface area contributed by atoms with Gasteiger partial charge >= 0.3 is 0 Å². The lowest BCUT2D eigenvalue weighted by atomic mass is 10.1. The van der Waals surface area contributed by atoms with Crippen LogP contribution in [0.15, 0.2) is 42.5 Å². The molecule has 0 aliphatic carbocycles. The molecule has 0 amide bonds. The quantitative estimate of drug-likeness (QED) is 0.812. The Morgan fingerprint density at radius 1 is 1.12 bits per heavy atom. The molecule has 1 fully saturated rings. The minimum absolute atomic E-state index is 0.282. The van der Waals surface area contributed by atoms with Crippen molar-refractivity contribution in [1.82, 2.24) is 9.80 Å². The van der Waals surface area contributed by atoms with E-state index in [0.717, 1.165) is 39.1 Å². The van der Waals surface area contributed by atoms with Crippen LogP contribution in [0, 0.1) is 5.92 Å². The van der Waals surface area contributed by atoms with Crippen molar-refractivity contribution in [3.8, 4) is 10.4 Å². The topological polar surface area (TPSA) is 26.7 Å². The van der Waals surface area contributed by atoms with Crippen molar-refractivity contribution < 1.29 is 5.11 Å². The number of nitrogens with zero attached hydrogens (tertiary/aromatic N) is 2. The number of benzene rings is 1. The van der Waals surface area contributed by atoms with Gasteiger partial charge in [0.1, 0.15) is 0 Å². The van der Waals surface area contributed by atoms with Gasteiger partial charge in [-0.3, -0.25) is 9.80 Å². The Morgan fingerprint density at radius 2 is 1.92 bits per heavy atom. The fraction of sp³-hybridized carbons (Fsp3) is 0.524. The van der Waals surface area contributed by atoms with Gasteiger partial charge in [0.05, 0.1) is 0 Å². The normalized spacial score (nSPS) is 19.6. The van der Waals surface area contributed by atoms with Crippen molar-refractivity contribution in [3.63, 3.8) is 0 Å². The summed E-state index contributed by atoms with van der Waals surface area (Å²) in [6, 6.07) is 15.6. The lowest BCUT2D eigenvalue weighted by Crippen LogP contribution is -2.53. The zero-order valence-corrected chi connectivity index (χ0v) is 16.2. The van der Waals surface area contributed by atoms with Crippen LogP contribution in [-0.2, 0) is 6.54 Å². The second-order valence-corrected chi connectivity index (χ2v) is 8.59. The molecular formula is C21H30N2OS. The first-order valence-electron chi connectivity index (χ1n) is 9.37. The molecule has 1 N–H and O–H groups in total. The smallest absolute Gasteiger partial charge is 0.0446 e. The summed E-state index contributed by atoms with van der Waals surface area (Å²) >= 11 is 1.90. The van der Waals surface area contributed by atoms with Gasteiger partial charge in [-0.1, -0.05) is 44.2 Å². The maximum Gasteiger partial charge on any atom is 0.0446 e. The summed E-state index contributed by atoms with van der Waals surface area (Å²) in [6.45, 7) is 10.3. The lowest BCUT2D eigenvalue weighted by molar-refractivity contribution is 0.0481. The highest BCUT2D eigenvalue weighted by Crippen LogP contribution is 2.29. The van der Waals surface area contributed by atoms with Crippen molar-refractivity contribution in [2.75, 3.05) is 32.8 Å². The van der Waals surface area contributed by atoms with E-state index in [1.165, 1.54) is 15.3 Å². The number of aliphatic hydroxyl groups is 1. The van der Waals surface area contributed by atoms with Gasteiger partial charge in [0, 0.05) is 55.1 Å². The molecule has 0 radical (unpaired) electrons. The van der Waals surface area contributed by atoms with Crippen LogP contribution in [0.1, 0.15) is 25.1 Å². The van der Waals surface area contributed by atoms with Crippen LogP contribution < -0.4 is 0 Å². The third kappa shape index (κ3) is 5.14. The van der Waals surface area contributed by atoms with E-state index in [9.17, 15) is 5.11 Å². The number of thiophene rings is 1. The monoisotopic (exact) mass is 358 g/mol. The Bertz CT molecular complexity index is 640. The maximum atomic E-state index is 9.43. The minimum Gasteiger partial charge on any atom is -0.396 e. The van der Waals surface area contributed by atoms with Crippen LogP contribution in [0.5, 0.6) is 0 Å². The Balaban J connectivity index is 1.61. The van der Waals surface area contributed by atoms with Crippen molar-refractivity contribution >= 4 is 11.3 Å². The Hall–Kier alpha value is -1.20. The standard InChI is InChI=1S/C21H30N2OS/c1-17(2)14-23-12-11-22(15-19(23)10-13-24)16-20-8-9-21(25-20)18-6-4-3-5-7-18/h3-9,17,19,24H,10-16H2,1-2H3. The van der Waals surface area contributed by atoms with Gasteiger partial charge in [-0.25, -0.2) is 0 Å². The van der Waals surface area contributed by atoms with Crippen LogP contribution in [0.3, 0.4) is 0 Å². The molecule has 1 aromatic carbocycles. The molecule has 1 atom stereocenters. The number of hydrogen-bond acceptors (Lipinski definition) is 4. The molecule has 0 saturated carbocycles. The van der Waals surface area contributed by atoms with Crippen molar-refractivity contribution in [2.24, 2.45) is 5.92 Å². The summed E-state index contributed by atoms with van der Waals surface area (Å²) in [5.41, 5.74) is 1.30. The molecule has 0 bridgehead atoms. The molecule has 1 saturated heterocycles. The summed E-state index contributed by atoms with van der Waals surface area (Å²) in [7, 11) is 0. The van der Waals surface area contributed by atoms with Crippen LogP contribution in [0.2, 0.25) is 0 Å². The molecule has 136 valence electrons. The molecule has 1 aromatic heterocycles. The maximum absolute atomic E-state index is 9.43. The average Bonchev–Trinajstić information content (AvgIpc) is 3.06. The molecule has 3 rings (SSSR count). The Kier molecular flexibility index (Phi) is 6.65. The van der Waals surface area contributed by atoms with Gasteiger partial charge < -0.3 is 5.11 Å². The predicted molar refractivity (Wildman–Crippen MR) is 107 cm³/mol. The van der Waals surface area contributed by atoms with Gasteiger partial charge in [-0.2, -0.15) is 0 Å². The predicted octanol–water partition coefficient (Wildman–Crippen LogP) is 3.94. The second kappa shape index (κ2) is 8.95. The fourth-order valence-corrected chi connectivity index (χ4v) is 4.73. The largest absolute Gasteiger partial charge is 0.396 e. The number of rotatable bonds is 7. The zero-order valence-electron chi connectivity index (χ0n) is 15.4. The number of piperazine rings is 1. The third-order valence-electron chi connectivity index (χ3n) is 4.85. The summed E-state index contributed by atoms with van der Waals surface area (Å²) in [4.78, 5) is 7.90. The molecule has 2 aromatic rings. The Labute approximate surface area is 155 Å². The lowest BCUT2D eigenvalue weighted by Gasteiger charge is -2.42. The summed E-state index contributed by atoms with van der Waals surface area (Å²) < 4.78 is 0. The first-order valence-corrected chi connectivity index (χ1v) is 10.2. The van der Waals surface area contributed by atoms with Crippen LogP contribution in [0.4, 0.5) is 0 Å². The van der Waals surface area contributed by atoms with E-state index >= 15 is 0 Å². The van der Waals surface area contributed by atoms with E-state index in [1.54, 1.807) is 0 Å². The fourth-order valence-electron chi connectivity index (χ4n) is 3.67. The first-order chi connectivity index (χ1) is 12.2. The van der Waals surface area contributed by atoms with E-state index in [4.69, 9.17) is 0 Å². The second-order valence-electron chi connectivity index (χ2n) is 7.42. The first kappa shape index (κ1) is 18.6. The zero-order chi connectivity index (χ0) is 17.6. The van der Waals surface area contributed by atoms with E-state index in [-0.39, 0.29) is 6.61 Å². The molecule has 0 spiro atoms. The summed E-state index contributed by atoms with van der Waals surface area (Å²) in [6.07, 6.45) is 0.878. The SMILES string of the molecule is CC(C)CN1CCN(Cc2ccc(-c3ccccc3)s2)CC1CCO. The molecule has 4 heteroatoms. The highest BCUT2D eigenvalue weighted by molar-refractivity contribution is 7.15. The third-order valence-corrected chi connectivity index (χ3v) is 5.97. The molecule has 3 nitrogen and oxygen atoms in total. The van der Waals surface area contributed by atoms with Crippen LogP contribution in [0.25, 0.3) is 10.4 Å². The summed E-state index contributed by atoms with van der Waals surface area (Å²) in [5.74, 6) is 0.679. The van der Waals surface area contributed by atoms with Crippen LogP contribution >= 0.6 is 11.3 Å². The highest BCUT2D eigenvalue weighted by atomic mass is 32.1. The van der Waals surface area contributed by atoms with Crippen molar-refractivity contribution in [1.29, 1.82) is 0 Å². The van der Waals surface area contributed by atoms with Gasteiger partial charge in [-0.15, -0.1) is 11.3 Å². The van der Waals surface area contributed by atoms with Gasteiger partial charge in [0.25, 0.3) is 0 Å². The van der Waals surface area contributed by atoms with E-state index in [1.807, 2.05) is 11.3 Å². The highest BCUT2D eigenvalue weighted by Gasteiger charge is 2.27. The van der Waals surface area contributed by atoms with Gasteiger partial charge in [0.15, 0.2) is 0 Å². The number of hydrogen-bond donors (Lipinski definition) is 1. The summed E-state index contributed by atoms with van der Waals surface area (Å²) in [5, 5.41) is 9.43. The molecule has 25 heavy (non-hydrogen) atoms. The molecule has 1 aliphatic rings. The number of aliphatic hydroxyl groups excluding tert-OH is 1. The van der Waals surface area contributed by atoms with Gasteiger partial charge in [0.2, 0.25) is 0 Å². The molecular weight excluding hydrogens is 328 g/mol. The Morgan fingerprint density at radius 3 is 2.64 bits per heavy atom. The minimum atomic E-state index is 0.282. The van der Waals surface area contributed by atoms with E-state index < -0.39 is 0 Å². The van der Waals surface area contributed by atoms with Crippen molar-refractivity contribution in [2.45, 2.75) is 32.9 Å². The van der Waals surface area contributed by atoms with Crippen molar-refractivity contribution in [3.05, 3.63) is 47.3 Å². The molecule has 2 heterocycles. The van der Waals surface area contributed by atoms with Gasteiger partial charge in [-0.05, 0) is 30.0 Å². The van der Waals surface area contributed by atoms with E-state index in [0.29, 0.717) is 12.0 Å². The molecule has 1 unspecified atom stereocenters. The molecule has 1 aliphatic heterocycles. The van der Waals surface area contributed by atoms with E-state index in [2.05, 4.69) is 66.1 Å².